The fraction of sp³-hybridized carbons (Fsp3) is 0.463. The molecule has 4 fully saturated rings. The van der Waals surface area contributed by atoms with Gasteiger partial charge in [0.2, 0.25) is 11.8 Å². The second-order valence-corrected chi connectivity index (χ2v) is 14.9. The number of nitrogens with zero attached hydrogens (tertiary/aromatic N) is 5. The number of ether oxygens (including phenoxy) is 1. The quantitative estimate of drug-likeness (QED) is 0.156. The maximum atomic E-state index is 16.5. The summed E-state index contributed by atoms with van der Waals surface area (Å²) in [4.78, 5) is 66.3. The second kappa shape index (κ2) is 17.5. The lowest BCUT2D eigenvalue weighted by atomic mass is 9.92. The molecule has 1 unspecified atom stereocenters. The number of imide groups is 2. The van der Waals surface area contributed by atoms with E-state index in [2.05, 4.69) is 5.32 Å². The highest BCUT2D eigenvalue weighted by Gasteiger charge is 2.46. The van der Waals surface area contributed by atoms with Gasteiger partial charge in [-0.05, 0) is 87.3 Å². The molecule has 1 saturated carbocycles. The fourth-order valence-corrected chi connectivity index (χ4v) is 7.78. The van der Waals surface area contributed by atoms with Gasteiger partial charge in [0.05, 0.1) is 39.0 Å². The van der Waals surface area contributed by atoms with Gasteiger partial charge in [-0.1, -0.05) is 11.6 Å². The van der Waals surface area contributed by atoms with E-state index in [1.165, 1.54) is 12.2 Å². The van der Waals surface area contributed by atoms with Crippen molar-refractivity contribution in [1.29, 1.82) is 16.1 Å². The summed E-state index contributed by atoms with van der Waals surface area (Å²) in [6.45, 7) is -13.8. The van der Waals surface area contributed by atoms with E-state index >= 15 is 4.39 Å². The Bertz CT molecular complexity index is 2450. The Morgan fingerprint density at radius 3 is 2.40 bits per heavy atom. The smallest absolute Gasteiger partial charge is 0.269 e. The molecule has 5 amide bonds. The standard InChI is InChI=1S/C41H45ClFN9O6/c42-30-21-28(4-1-25(30)22-44)58-27-5-2-26(3-6-27)47-38(54)31(45)8-11-34(46)51-15-13-24(14-16-51)23-49-17-19-50(20-18-49)32-9-7-29-36(37(32)43)41(57)52(40(29)56)33-10-12-35(53)48-39(33)55/h1,4,7-9,11,21,24,26-27,33,45-46H,2-3,5-6,10,12-20,23H2,(H,47,54)(H,48,53,55)/b11-8-,45-31?,46-34?/i17D2,18D2,19D2,20D2. The Hall–Kier alpha value is -5.66. The summed E-state index contributed by atoms with van der Waals surface area (Å²) in [6.07, 6.45) is 4.85. The summed E-state index contributed by atoms with van der Waals surface area (Å²) in [6, 6.07) is 6.81. The summed E-state index contributed by atoms with van der Waals surface area (Å²) >= 11 is 6.11. The fourth-order valence-electron chi connectivity index (χ4n) is 7.57. The first-order chi connectivity index (χ1) is 30.9. The van der Waals surface area contributed by atoms with Crippen molar-refractivity contribution in [2.24, 2.45) is 5.92 Å². The van der Waals surface area contributed by atoms with E-state index < -0.39 is 96.7 Å². The number of amides is 5. The summed E-state index contributed by atoms with van der Waals surface area (Å²) in [5.74, 6) is -6.32. The molecule has 3 saturated heterocycles. The maximum Gasteiger partial charge on any atom is 0.269 e. The van der Waals surface area contributed by atoms with Crippen molar-refractivity contribution in [2.75, 3.05) is 50.5 Å². The Morgan fingerprint density at radius 2 is 1.72 bits per heavy atom. The molecule has 17 heteroatoms. The number of piperidine rings is 2. The van der Waals surface area contributed by atoms with E-state index in [-0.39, 0.29) is 67.4 Å². The average molecular weight is 822 g/mol. The minimum absolute atomic E-state index is 0.0321. The van der Waals surface area contributed by atoms with Crippen LogP contribution in [0.5, 0.6) is 5.75 Å². The molecule has 0 spiro atoms. The molecule has 4 heterocycles. The zero-order valence-electron chi connectivity index (χ0n) is 39.1. The van der Waals surface area contributed by atoms with Gasteiger partial charge in [0.1, 0.15) is 29.4 Å². The van der Waals surface area contributed by atoms with Gasteiger partial charge in [-0.25, -0.2) is 4.39 Å². The molecule has 58 heavy (non-hydrogen) atoms. The first-order valence-corrected chi connectivity index (χ1v) is 19.2. The lowest BCUT2D eigenvalue weighted by Crippen LogP contribution is -2.54. The van der Waals surface area contributed by atoms with E-state index in [0.717, 1.165) is 12.1 Å². The number of rotatable bonds is 10. The van der Waals surface area contributed by atoms with Crippen LogP contribution >= 0.6 is 11.6 Å². The molecule has 2 aromatic carbocycles. The first kappa shape index (κ1) is 31.3. The van der Waals surface area contributed by atoms with Crippen LogP contribution in [0.15, 0.2) is 42.5 Å². The number of amidine groups is 1. The van der Waals surface area contributed by atoms with Crippen LogP contribution in [0, 0.1) is 33.9 Å². The number of piperazine rings is 1. The molecule has 15 nitrogen and oxygen atoms in total. The molecule has 0 aromatic heterocycles. The first-order valence-electron chi connectivity index (χ1n) is 22.8. The second-order valence-electron chi connectivity index (χ2n) is 14.5. The van der Waals surface area contributed by atoms with Gasteiger partial charge in [0.15, 0.2) is 5.82 Å². The van der Waals surface area contributed by atoms with Crippen LogP contribution in [0.3, 0.4) is 0 Å². The van der Waals surface area contributed by atoms with Gasteiger partial charge in [0.25, 0.3) is 17.7 Å². The Balaban J connectivity index is 0.947. The maximum absolute atomic E-state index is 16.5. The minimum Gasteiger partial charge on any atom is -0.490 e. The zero-order valence-corrected chi connectivity index (χ0v) is 31.8. The highest BCUT2D eigenvalue weighted by atomic mass is 35.5. The van der Waals surface area contributed by atoms with Crippen LogP contribution in [0.25, 0.3) is 0 Å². The summed E-state index contributed by atoms with van der Waals surface area (Å²) in [7, 11) is 0. The van der Waals surface area contributed by atoms with Crippen LogP contribution in [-0.4, -0.2) is 120 Å². The number of carbonyl (C=O) groups excluding carboxylic acids is 5. The van der Waals surface area contributed by atoms with Gasteiger partial charge >= 0.3 is 0 Å². The van der Waals surface area contributed by atoms with Crippen molar-refractivity contribution >= 4 is 58.4 Å². The average Bonchev–Trinajstić information content (AvgIpc) is 3.51. The molecule has 304 valence electrons. The molecule has 0 bridgehead atoms. The predicted octanol–water partition coefficient (Wildman–Crippen LogP) is 3.65. The van der Waals surface area contributed by atoms with Crippen LogP contribution in [0.4, 0.5) is 10.1 Å². The number of hydrogen-bond donors (Lipinski definition) is 4. The van der Waals surface area contributed by atoms with Crippen molar-refractivity contribution in [2.45, 2.75) is 69.6 Å². The van der Waals surface area contributed by atoms with E-state index in [4.69, 9.17) is 43.4 Å². The van der Waals surface area contributed by atoms with E-state index in [9.17, 15) is 24.0 Å². The van der Waals surface area contributed by atoms with Crippen molar-refractivity contribution < 1.29 is 44.1 Å². The van der Waals surface area contributed by atoms with Gasteiger partial charge in [-0.15, -0.1) is 0 Å². The topological polar surface area (TPSA) is 203 Å². The largest absolute Gasteiger partial charge is 0.490 e. The van der Waals surface area contributed by atoms with Crippen LogP contribution in [-0.2, 0) is 14.4 Å². The van der Waals surface area contributed by atoms with Crippen LogP contribution < -0.4 is 20.3 Å². The van der Waals surface area contributed by atoms with Crippen molar-refractivity contribution in [1.82, 2.24) is 25.3 Å². The lowest BCUT2D eigenvalue weighted by molar-refractivity contribution is -0.136. The molecular formula is C41H45ClFN9O6. The van der Waals surface area contributed by atoms with Crippen LogP contribution in [0.1, 0.15) is 88.6 Å². The van der Waals surface area contributed by atoms with Crippen molar-refractivity contribution in [3.05, 3.63) is 70.0 Å². The highest BCUT2D eigenvalue weighted by Crippen LogP contribution is 2.35. The van der Waals surface area contributed by atoms with E-state index in [0.29, 0.717) is 51.8 Å². The number of benzene rings is 2. The molecule has 2 aromatic rings. The number of fused-ring (bicyclic) bond motifs is 1. The summed E-state index contributed by atoms with van der Waals surface area (Å²) in [5.41, 5.74) is -2.57. The molecule has 4 aliphatic heterocycles. The van der Waals surface area contributed by atoms with Crippen LogP contribution in [0.2, 0.25) is 5.02 Å². The number of anilines is 1. The van der Waals surface area contributed by atoms with Gasteiger partial charge in [0, 0.05) is 69.6 Å². The van der Waals surface area contributed by atoms with Gasteiger partial charge in [-0.3, -0.25) is 49.9 Å². The Labute approximate surface area is 351 Å². The Morgan fingerprint density at radius 1 is 1.00 bits per heavy atom. The van der Waals surface area contributed by atoms with Crippen molar-refractivity contribution in [3.8, 4) is 11.8 Å². The number of likely N-dealkylation sites (tertiary alicyclic amines) is 1. The van der Waals surface area contributed by atoms with Gasteiger partial charge in [-0.2, -0.15) is 5.26 Å². The monoisotopic (exact) mass is 821 g/mol. The number of halogens is 2. The number of nitrogens with one attached hydrogen (secondary N) is 4. The summed E-state index contributed by atoms with van der Waals surface area (Å²) in [5, 5.41) is 31.1. The van der Waals surface area contributed by atoms with E-state index in [1.54, 1.807) is 23.1 Å². The molecule has 1 aliphatic carbocycles. The number of carbonyl (C=O) groups is 5. The van der Waals surface area contributed by atoms with Gasteiger partial charge < -0.3 is 19.9 Å². The minimum atomic E-state index is -3.52. The van der Waals surface area contributed by atoms with Crippen molar-refractivity contribution in [3.63, 3.8) is 0 Å². The normalized spacial score (nSPS) is 28.6. The molecule has 5 aliphatic rings. The third-order valence-corrected chi connectivity index (χ3v) is 11.1. The SMILES string of the molecule is [2H]C1([2H])N(CC2CCN(C(=N)/C=C\C(=N)C(=O)NC3CCC(Oc4ccc(C#N)c(Cl)c4)CC3)CC2)C([2H])([2H])C([2H])([2H])N(c2ccc3c(c2F)C(=O)N(C2CCC(=O)NC2=O)C3=O)C1([2H])[2H]. The third kappa shape index (κ3) is 8.75. The number of nitriles is 1. The molecular weight excluding hydrogens is 769 g/mol. The van der Waals surface area contributed by atoms with E-state index in [1.807, 2.05) is 11.4 Å². The summed E-state index contributed by atoms with van der Waals surface area (Å²) < 4.78 is 93.9. The zero-order chi connectivity index (χ0) is 48.3. The third-order valence-electron chi connectivity index (χ3n) is 10.8. The Kier molecular flexibility index (Phi) is 9.43. The lowest BCUT2D eigenvalue weighted by Gasteiger charge is -2.40. The highest BCUT2D eigenvalue weighted by molar-refractivity contribution is 6.42. The number of hydrogen-bond acceptors (Lipinski definition) is 11. The predicted molar refractivity (Wildman–Crippen MR) is 212 cm³/mol. The molecule has 1 atom stereocenters. The molecule has 7 rings (SSSR count). The molecule has 4 N–H and O–H groups in total. The molecule has 0 radical (unpaired) electrons.